The number of rotatable bonds is 3. The van der Waals surface area contributed by atoms with Gasteiger partial charge in [0.25, 0.3) is 5.91 Å². The number of benzene rings is 3. The van der Waals surface area contributed by atoms with Crippen LogP contribution in [0, 0.1) is 12.7 Å². The molecule has 0 radical (unpaired) electrons. The highest BCUT2D eigenvalue weighted by Crippen LogP contribution is 2.22. The quantitative estimate of drug-likeness (QED) is 0.607. The van der Waals surface area contributed by atoms with Crippen molar-refractivity contribution in [2.75, 3.05) is 5.32 Å². The first-order valence-corrected chi connectivity index (χ1v) is 8.10. The van der Waals surface area contributed by atoms with Crippen LogP contribution in [0.25, 0.3) is 16.7 Å². The van der Waals surface area contributed by atoms with Crippen LogP contribution in [0.1, 0.15) is 15.9 Å². The second-order valence-corrected chi connectivity index (χ2v) is 5.94. The zero-order valence-corrected chi connectivity index (χ0v) is 14.0. The highest BCUT2D eigenvalue weighted by atomic mass is 19.1. The molecule has 4 rings (SSSR count). The Kier molecular flexibility index (Phi) is 3.93. The molecule has 0 aliphatic rings. The summed E-state index contributed by atoms with van der Waals surface area (Å²) in [6.45, 7) is 1.89. The SMILES string of the molecule is Cc1cc2nn(-c3ccccc3)nc2cc1NC(=O)c1ccc(F)cc1. The van der Waals surface area contributed by atoms with Crippen LogP contribution >= 0.6 is 0 Å². The Bertz CT molecular complexity index is 1090. The minimum atomic E-state index is -0.378. The van der Waals surface area contributed by atoms with E-state index < -0.39 is 0 Å². The number of anilines is 1. The van der Waals surface area contributed by atoms with Gasteiger partial charge in [-0.2, -0.15) is 4.80 Å². The number of halogens is 1. The van der Waals surface area contributed by atoms with Gasteiger partial charge in [0, 0.05) is 11.3 Å². The number of hydrogen-bond donors (Lipinski definition) is 1. The predicted octanol–water partition coefficient (Wildman–Crippen LogP) is 4.12. The largest absolute Gasteiger partial charge is 0.322 e. The number of nitrogens with zero attached hydrogens (tertiary/aromatic N) is 3. The second kappa shape index (κ2) is 6.40. The van der Waals surface area contributed by atoms with E-state index in [1.807, 2.05) is 43.3 Å². The van der Waals surface area contributed by atoms with Crippen molar-refractivity contribution in [2.45, 2.75) is 6.92 Å². The summed E-state index contributed by atoms with van der Waals surface area (Å²) < 4.78 is 13.0. The summed E-state index contributed by atoms with van der Waals surface area (Å²) in [6, 6.07) is 18.7. The van der Waals surface area contributed by atoms with Gasteiger partial charge in [-0.05, 0) is 61.0 Å². The zero-order chi connectivity index (χ0) is 18.1. The van der Waals surface area contributed by atoms with E-state index in [0.717, 1.165) is 16.8 Å². The normalized spacial score (nSPS) is 10.8. The number of fused-ring (bicyclic) bond motifs is 1. The molecular weight excluding hydrogens is 331 g/mol. The second-order valence-electron chi connectivity index (χ2n) is 5.94. The van der Waals surface area contributed by atoms with Gasteiger partial charge < -0.3 is 5.32 Å². The number of amides is 1. The van der Waals surface area contributed by atoms with E-state index >= 15 is 0 Å². The average molecular weight is 346 g/mol. The van der Waals surface area contributed by atoms with E-state index in [2.05, 4.69) is 15.5 Å². The molecule has 0 unspecified atom stereocenters. The molecule has 0 saturated carbocycles. The maximum atomic E-state index is 13.0. The fourth-order valence-corrected chi connectivity index (χ4v) is 2.68. The molecule has 0 atom stereocenters. The summed E-state index contributed by atoms with van der Waals surface area (Å²) in [5, 5.41) is 11.8. The van der Waals surface area contributed by atoms with Gasteiger partial charge in [0.1, 0.15) is 16.9 Å². The number of aromatic nitrogens is 3. The smallest absolute Gasteiger partial charge is 0.255 e. The van der Waals surface area contributed by atoms with Crippen molar-refractivity contribution in [3.8, 4) is 5.69 Å². The van der Waals surface area contributed by atoms with Gasteiger partial charge in [-0.3, -0.25) is 4.79 Å². The third-order valence-corrected chi connectivity index (χ3v) is 4.07. The van der Waals surface area contributed by atoms with Crippen LogP contribution in [0.5, 0.6) is 0 Å². The topological polar surface area (TPSA) is 59.8 Å². The van der Waals surface area contributed by atoms with Crippen molar-refractivity contribution in [1.29, 1.82) is 0 Å². The Morgan fingerprint density at radius 2 is 1.62 bits per heavy atom. The van der Waals surface area contributed by atoms with Crippen molar-refractivity contribution in [2.24, 2.45) is 0 Å². The molecule has 0 aliphatic carbocycles. The van der Waals surface area contributed by atoms with Crippen LogP contribution < -0.4 is 5.32 Å². The molecule has 1 aromatic heterocycles. The molecule has 26 heavy (non-hydrogen) atoms. The molecule has 1 N–H and O–H groups in total. The van der Waals surface area contributed by atoms with Crippen molar-refractivity contribution in [3.63, 3.8) is 0 Å². The lowest BCUT2D eigenvalue weighted by Crippen LogP contribution is -2.12. The van der Waals surface area contributed by atoms with Crippen molar-refractivity contribution < 1.29 is 9.18 Å². The van der Waals surface area contributed by atoms with Gasteiger partial charge in [0.2, 0.25) is 0 Å². The van der Waals surface area contributed by atoms with Crippen LogP contribution in [-0.2, 0) is 0 Å². The molecule has 0 saturated heterocycles. The van der Waals surface area contributed by atoms with Gasteiger partial charge in [-0.25, -0.2) is 4.39 Å². The van der Waals surface area contributed by atoms with Gasteiger partial charge in [0.05, 0.1) is 5.69 Å². The third-order valence-electron chi connectivity index (χ3n) is 4.07. The number of para-hydroxylation sites is 1. The van der Waals surface area contributed by atoms with E-state index in [1.54, 1.807) is 10.9 Å². The minimum absolute atomic E-state index is 0.303. The first-order valence-electron chi connectivity index (χ1n) is 8.10. The molecule has 128 valence electrons. The highest BCUT2D eigenvalue weighted by Gasteiger charge is 2.12. The molecule has 5 nitrogen and oxygen atoms in total. The number of carbonyl (C=O) groups excluding carboxylic acids is 1. The summed E-state index contributed by atoms with van der Waals surface area (Å²) in [5.41, 5.74) is 4.18. The molecule has 4 aromatic rings. The molecule has 1 amide bonds. The Morgan fingerprint density at radius 1 is 0.962 bits per heavy atom. The number of aryl methyl sites for hydroxylation is 1. The highest BCUT2D eigenvalue weighted by molar-refractivity contribution is 6.05. The van der Waals surface area contributed by atoms with Crippen LogP contribution in [0.3, 0.4) is 0 Å². The molecule has 0 fully saturated rings. The maximum Gasteiger partial charge on any atom is 0.255 e. The summed E-state index contributed by atoms with van der Waals surface area (Å²) in [5.74, 6) is -0.681. The van der Waals surface area contributed by atoms with Crippen LogP contribution in [-0.4, -0.2) is 20.9 Å². The van der Waals surface area contributed by atoms with Crippen LogP contribution in [0.2, 0.25) is 0 Å². The monoisotopic (exact) mass is 346 g/mol. The molecule has 6 heteroatoms. The fraction of sp³-hybridized carbons (Fsp3) is 0.0500. The van der Waals surface area contributed by atoms with Crippen molar-refractivity contribution >= 4 is 22.6 Å². The minimum Gasteiger partial charge on any atom is -0.322 e. The maximum absolute atomic E-state index is 13.0. The standard InChI is InChI=1S/C20H15FN4O/c1-13-11-18-19(24-25(23-18)16-5-3-2-4-6-16)12-17(13)22-20(26)14-7-9-15(21)10-8-14/h2-12H,1H3,(H,22,26). The summed E-state index contributed by atoms with van der Waals surface area (Å²) in [6.07, 6.45) is 0. The zero-order valence-electron chi connectivity index (χ0n) is 14.0. The Balaban J connectivity index is 1.66. The van der Waals surface area contributed by atoms with Gasteiger partial charge in [0.15, 0.2) is 0 Å². The van der Waals surface area contributed by atoms with Gasteiger partial charge in [-0.1, -0.05) is 18.2 Å². The fourth-order valence-electron chi connectivity index (χ4n) is 2.68. The molecular formula is C20H15FN4O. The number of carbonyl (C=O) groups is 1. The predicted molar refractivity (Wildman–Crippen MR) is 98.0 cm³/mol. The first kappa shape index (κ1) is 16.0. The Morgan fingerprint density at radius 3 is 2.31 bits per heavy atom. The Labute approximate surface area is 149 Å². The van der Waals surface area contributed by atoms with E-state index in [4.69, 9.17) is 0 Å². The summed E-state index contributed by atoms with van der Waals surface area (Å²) >= 11 is 0. The summed E-state index contributed by atoms with van der Waals surface area (Å²) in [4.78, 5) is 13.9. The van der Waals surface area contributed by atoms with Crippen molar-refractivity contribution in [3.05, 3.63) is 83.7 Å². The number of nitrogens with one attached hydrogen (secondary N) is 1. The first-order chi connectivity index (χ1) is 12.6. The van der Waals surface area contributed by atoms with Crippen LogP contribution in [0.15, 0.2) is 66.7 Å². The van der Waals surface area contributed by atoms with E-state index in [9.17, 15) is 9.18 Å². The lowest BCUT2D eigenvalue weighted by atomic mass is 10.1. The lowest BCUT2D eigenvalue weighted by Gasteiger charge is -2.08. The van der Waals surface area contributed by atoms with Gasteiger partial charge >= 0.3 is 0 Å². The lowest BCUT2D eigenvalue weighted by molar-refractivity contribution is 0.102. The molecule has 0 aliphatic heterocycles. The van der Waals surface area contributed by atoms with Crippen LogP contribution in [0.4, 0.5) is 10.1 Å². The van der Waals surface area contributed by atoms with Crippen molar-refractivity contribution in [1.82, 2.24) is 15.0 Å². The van der Waals surface area contributed by atoms with E-state index in [0.29, 0.717) is 16.8 Å². The van der Waals surface area contributed by atoms with E-state index in [-0.39, 0.29) is 11.7 Å². The summed E-state index contributed by atoms with van der Waals surface area (Å²) in [7, 11) is 0. The average Bonchev–Trinajstić information content (AvgIpc) is 3.06. The number of hydrogen-bond acceptors (Lipinski definition) is 3. The third kappa shape index (κ3) is 3.04. The van der Waals surface area contributed by atoms with Gasteiger partial charge in [-0.15, -0.1) is 10.2 Å². The molecule has 3 aromatic carbocycles. The van der Waals surface area contributed by atoms with E-state index in [1.165, 1.54) is 24.3 Å². The molecule has 1 heterocycles. The molecule has 0 bridgehead atoms. The molecule has 0 spiro atoms. The Hall–Kier alpha value is -3.54.